The monoisotopic (exact) mass is 217 g/mol. The lowest BCUT2D eigenvalue weighted by Gasteiger charge is -2.04. The number of hydrogen-bond donors (Lipinski definition) is 3. The Morgan fingerprint density at radius 3 is 2.75 bits per heavy atom. The molecule has 1 aromatic carbocycles. The van der Waals surface area contributed by atoms with Crippen molar-refractivity contribution in [3.63, 3.8) is 0 Å². The quantitative estimate of drug-likeness (QED) is 0.664. The average Bonchev–Trinajstić information content (AvgIpc) is 2.80. The molecule has 0 saturated carbocycles. The van der Waals surface area contributed by atoms with Gasteiger partial charge in [-0.2, -0.15) is 0 Å². The number of H-pyrrole nitrogens is 1. The van der Waals surface area contributed by atoms with E-state index in [9.17, 15) is 0 Å². The Hall–Kier alpha value is -1.81. The second kappa shape index (κ2) is 5.32. The van der Waals surface area contributed by atoms with E-state index in [1.165, 1.54) is 5.56 Å². The van der Waals surface area contributed by atoms with Crippen LogP contribution < -0.4 is 5.32 Å². The number of nitrogens with one attached hydrogen (secondary N) is 2. The molecule has 0 saturated heterocycles. The van der Waals surface area contributed by atoms with Crippen molar-refractivity contribution in [3.05, 3.63) is 48.0 Å². The van der Waals surface area contributed by atoms with Crippen LogP contribution in [0.3, 0.4) is 0 Å². The number of benzene rings is 1. The molecule has 2 aromatic rings. The van der Waals surface area contributed by atoms with Gasteiger partial charge in [-0.25, -0.2) is 4.98 Å². The van der Waals surface area contributed by atoms with Crippen LogP contribution in [0.5, 0.6) is 5.75 Å². The van der Waals surface area contributed by atoms with Crippen molar-refractivity contribution < 1.29 is 5.11 Å². The van der Waals surface area contributed by atoms with E-state index >= 15 is 0 Å². The second-order valence-corrected chi connectivity index (χ2v) is 3.67. The van der Waals surface area contributed by atoms with E-state index in [-0.39, 0.29) is 0 Å². The lowest BCUT2D eigenvalue weighted by atomic mass is 10.2. The highest BCUT2D eigenvalue weighted by Gasteiger charge is 1.95. The maximum Gasteiger partial charge on any atom is 0.115 e. The van der Waals surface area contributed by atoms with Gasteiger partial charge in [-0.1, -0.05) is 12.1 Å². The molecule has 0 bridgehead atoms. The molecule has 0 radical (unpaired) electrons. The molecule has 3 N–H and O–H groups in total. The molecule has 4 nitrogen and oxygen atoms in total. The van der Waals surface area contributed by atoms with E-state index in [1.807, 2.05) is 18.3 Å². The minimum atomic E-state index is 0.307. The molecule has 0 fully saturated rings. The number of hydrogen-bond acceptors (Lipinski definition) is 3. The first-order valence-electron chi connectivity index (χ1n) is 5.30. The first kappa shape index (κ1) is 10.7. The van der Waals surface area contributed by atoms with E-state index in [4.69, 9.17) is 5.11 Å². The highest BCUT2D eigenvalue weighted by atomic mass is 16.3. The number of phenolic OH excluding ortho intramolecular Hbond substituents is 1. The third-order valence-electron chi connectivity index (χ3n) is 2.39. The van der Waals surface area contributed by atoms with E-state index in [0.717, 1.165) is 25.2 Å². The zero-order valence-electron chi connectivity index (χ0n) is 8.98. The van der Waals surface area contributed by atoms with Crippen molar-refractivity contribution in [3.8, 4) is 5.75 Å². The molecule has 0 aliphatic carbocycles. The van der Waals surface area contributed by atoms with Gasteiger partial charge in [-0.15, -0.1) is 0 Å². The standard InChI is InChI=1S/C12H15N3O/c16-12-3-1-10(2-4-12)7-13-6-5-11-8-14-9-15-11/h1-4,8-9,13,16H,5-7H2,(H,14,15). The van der Waals surface area contributed by atoms with Crippen LogP contribution in [-0.4, -0.2) is 21.6 Å². The minimum absolute atomic E-state index is 0.307. The number of aromatic hydroxyl groups is 1. The van der Waals surface area contributed by atoms with Crippen molar-refractivity contribution >= 4 is 0 Å². The topological polar surface area (TPSA) is 60.9 Å². The number of nitrogens with zero attached hydrogens (tertiary/aromatic N) is 1. The molecule has 0 spiro atoms. The van der Waals surface area contributed by atoms with Gasteiger partial charge in [0.05, 0.1) is 6.33 Å². The van der Waals surface area contributed by atoms with E-state index in [1.54, 1.807) is 18.5 Å². The van der Waals surface area contributed by atoms with Crippen molar-refractivity contribution in [1.82, 2.24) is 15.3 Å². The van der Waals surface area contributed by atoms with Crippen LogP contribution in [0.4, 0.5) is 0 Å². The fourth-order valence-electron chi connectivity index (χ4n) is 1.49. The summed E-state index contributed by atoms with van der Waals surface area (Å²) >= 11 is 0. The average molecular weight is 217 g/mol. The molecule has 0 unspecified atom stereocenters. The van der Waals surface area contributed by atoms with Gasteiger partial charge in [-0.05, 0) is 17.7 Å². The largest absolute Gasteiger partial charge is 0.508 e. The van der Waals surface area contributed by atoms with Crippen LogP contribution in [-0.2, 0) is 13.0 Å². The van der Waals surface area contributed by atoms with Gasteiger partial charge in [0.1, 0.15) is 5.75 Å². The lowest BCUT2D eigenvalue weighted by Crippen LogP contribution is -2.16. The summed E-state index contributed by atoms with van der Waals surface area (Å²) in [4.78, 5) is 7.02. The third kappa shape index (κ3) is 3.10. The fourth-order valence-corrected chi connectivity index (χ4v) is 1.49. The number of phenols is 1. The molecule has 0 aliphatic rings. The number of aromatic amines is 1. The van der Waals surface area contributed by atoms with E-state index in [2.05, 4.69) is 15.3 Å². The molecule has 0 amide bonds. The predicted molar refractivity (Wildman–Crippen MR) is 62.1 cm³/mol. The van der Waals surface area contributed by atoms with Gasteiger partial charge in [0.2, 0.25) is 0 Å². The summed E-state index contributed by atoms with van der Waals surface area (Å²) in [6, 6.07) is 7.23. The third-order valence-corrected chi connectivity index (χ3v) is 2.39. The molecule has 0 atom stereocenters. The highest BCUT2D eigenvalue weighted by molar-refractivity contribution is 5.25. The summed E-state index contributed by atoms with van der Waals surface area (Å²) in [6.07, 6.45) is 4.47. The number of rotatable bonds is 5. The molecule has 4 heteroatoms. The molecule has 1 heterocycles. The maximum absolute atomic E-state index is 9.12. The molecule has 2 rings (SSSR count). The van der Waals surface area contributed by atoms with Crippen molar-refractivity contribution in [2.75, 3.05) is 6.54 Å². The molecule has 84 valence electrons. The molecular formula is C12H15N3O. The summed E-state index contributed by atoms with van der Waals surface area (Å²) in [5, 5.41) is 12.5. The van der Waals surface area contributed by atoms with Gasteiger partial charge in [-0.3, -0.25) is 0 Å². The lowest BCUT2D eigenvalue weighted by molar-refractivity contribution is 0.475. The zero-order valence-corrected chi connectivity index (χ0v) is 8.98. The van der Waals surface area contributed by atoms with Gasteiger partial charge in [0.15, 0.2) is 0 Å². The molecule has 16 heavy (non-hydrogen) atoms. The van der Waals surface area contributed by atoms with Gasteiger partial charge < -0.3 is 15.4 Å². The maximum atomic E-state index is 9.12. The first-order chi connectivity index (χ1) is 7.84. The number of aromatic nitrogens is 2. The molecule has 0 aliphatic heterocycles. The van der Waals surface area contributed by atoms with Crippen LogP contribution in [0, 0.1) is 0 Å². The Balaban J connectivity index is 1.70. The SMILES string of the molecule is Oc1ccc(CNCCc2cnc[nH]2)cc1. The molecule has 1 aromatic heterocycles. The Morgan fingerprint density at radius 2 is 2.06 bits per heavy atom. The van der Waals surface area contributed by atoms with Gasteiger partial charge in [0, 0.05) is 31.4 Å². The van der Waals surface area contributed by atoms with Crippen LogP contribution in [0.25, 0.3) is 0 Å². The molecular weight excluding hydrogens is 202 g/mol. The second-order valence-electron chi connectivity index (χ2n) is 3.67. The van der Waals surface area contributed by atoms with Gasteiger partial charge in [0.25, 0.3) is 0 Å². The number of imidazole rings is 1. The fraction of sp³-hybridized carbons (Fsp3) is 0.250. The van der Waals surface area contributed by atoms with Crippen LogP contribution >= 0.6 is 0 Å². The van der Waals surface area contributed by atoms with Crippen molar-refractivity contribution in [2.24, 2.45) is 0 Å². The summed E-state index contributed by atoms with van der Waals surface area (Å²) in [5.74, 6) is 0.307. The normalized spacial score (nSPS) is 10.5. The zero-order chi connectivity index (χ0) is 11.2. The van der Waals surface area contributed by atoms with Crippen LogP contribution in [0.1, 0.15) is 11.3 Å². The van der Waals surface area contributed by atoms with E-state index < -0.39 is 0 Å². The summed E-state index contributed by atoms with van der Waals surface area (Å²) in [5.41, 5.74) is 2.31. The summed E-state index contributed by atoms with van der Waals surface area (Å²) in [6.45, 7) is 1.72. The minimum Gasteiger partial charge on any atom is -0.508 e. The van der Waals surface area contributed by atoms with Crippen molar-refractivity contribution in [2.45, 2.75) is 13.0 Å². The summed E-state index contributed by atoms with van der Waals surface area (Å²) < 4.78 is 0. The highest BCUT2D eigenvalue weighted by Crippen LogP contribution is 2.08. The first-order valence-corrected chi connectivity index (χ1v) is 5.30. The Labute approximate surface area is 94.4 Å². The van der Waals surface area contributed by atoms with Crippen LogP contribution in [0.15, 0.2) is 36.8 Å². The Bertz CT molecular complexity index is 408. The Morgan fingerprint density at radius 1 is 1.25 bits per heavy atom. The smallest absolute Gasteiger partial charge is 0.115 e. The summed E-state index contributed by atoms with van der Waals surface area (Å²) in [7, 11) is 0. The van der Waals surface area contributed by atoms with E-state index in [0.29, 0.717) is 5.75 Å². The van der Waals surface area contributed by atoms with Gasteiger partial charge >= 0.3 is 0 Å². The predicted octanol–water partition coefficient (Wildman–Crippen LogP) is 1.45. The Kier molecular flexibility index (Phi) is 3.56. The van der Waals surface area contributed by atoms with Crippen LogP contribution in [0.2, 0.25) is 0 Å². The van der Waals surface area contributed by atoms with Crippen molar-refractivity contribution in [1.29, 1.82) is 0 Å².